The molecule has 1 aromatic rings. The third-order valence-electron chi connectivity index (χ3n) is 2.50. The molecule has 0 aromatic heterocycles. The molecular formula is C11H16N4O5S. The van der Waals surface area contributed by atoms with E-state index in [1.165, 1.54) is 18.2 Å². The van der Waals surface area contributed by atoms with Crippen molar-refractivity contribution in [1.29, 1.82) is 0 Å². The Morgan fingerprint density at radius 1 is 1.38 bits per heavy atom. The molecule has 116 valence electrons. The molecule has 0 heterocycles. The number of nitro groups is 1. The second-order valence-corrected chi connectivity index (χ2v) is 6.11. The van der Waals surface area contributed by atoms with Crippen LogP contribution in [0, 0.1) is 10.1 Å². The topological polar surface area (TPSA) is 144 Å². The number of hydrogen-bond donors (Lipinski definition) is 3. The van der Waals surface area contributed by atoms with Crippen molar-refractivity contribution in [3.8, 4) is 0 Å². The Labute approximate surface area is 121 Å². The maximum absolute atomic E-state index is 11.9. The van der Waals surface area contributed by atoms with Gasteiger partial charge in [0.1, 0.15) is 11.3 Å². The maximum atomic E-state index is 11.9. The maximum Gasteiger partial charge on any atom is 0.304 e. The molecule has 0 atom stereocenters. The fraction of sp³-hybridized carbons (Fsp3) is 0.364. The molecule has 1 amide bonds. The first-order valence-corrected chi connectivity index (χ1v) is 7.87. The van der Waals surface area contributed by atoms with Gasteiger partial charge in [-0.25, -0.2) is 13.1 Å². The molecule has 21 heavy (non-hydrogen) atoms. The van der Waals surface area contributed by atoms with Crippen LogP contribution in [0.5, 0.6) is 0 Å². The van der Waals surface area contributed by atoms with Gasteiger partial charge in [-0.05, 0) is 18.6 Å². The van der Waals surface area contributed by atoms with E-state index >= 15 is 0 Å². The van der Waals surface area contributed by atoms with Crippen LogP contribution in [0.1, 0.15) is 16.8 Å². The minimum atomic E-state index is -3.27. The third kappa shape index (κ3) is 5.36. The quantitative estimate of drug-likeness (QED) is 0.276. The van der Waals surface area contributed by atoms with E-state index in [2.05, 4.69) is 10.0 Å². The Morgan fingerprint density at radius 2 is 2.05 bits per heavy atom. The molecule has 1 aromatic carbocycles. The smallest absolute Gasteiger partial charge is 0.304 e. The number of benzene rings is 1. The summed E-state index contributed by atoms with van der Waals surface area (Å²) in [5, 5.41) is 13.4. The number of carbonyl (C=O) groups is 1. The fourth-order valence-corrected chi connectivity index (χ4v) is 2.11. The number of hydrogen-bond acceptors (Lipinski definition) is 6. The zero-order valence-corrected chi connectivity index (χ0v) is 12.1. The summed E-state index contributed by atoms with van der Waals surface area (Å²) in [6.45, 7) is 0.339. The molecule has 0 bridgehead atoms. The molecule has 1 rings (SSSR count). The van der Waals surface area contributed by atoms with Crippen LogP contribution in [0.15, 0.2) is 18.2 Å². The van der Waals surface area contributed by atoms with E-state index in [0.717, 1.165) is 6.26 Å². The molecule has 0 saturated carbocycles. The summed E-state index contributed by atoms with van der Waals surface area (Å²) in [4.78, 5) is 22.1. The van der Waals surface area contributed by atoms with Crippen LogP contribution >= 0.6 is 0 Å². The van der Waals surface area contributed by atoms with Crippen LogP contribution in [-0.4, -0.2) is 38.6 Å². The predicted octanol–water partition coefficient (Wildman–Crippen LogP) is -0.154. The van der Waals surface area contributed by atoms with Gasteiger partial charge in [0, 0.05) is 13.1 Å². The van der Waals surface area contributed by atoms with Gasteiger partial charge in [0.2, 0.25) is 10.0 Å². The summed E-state index contributed by atoms with van der Waals surface area (Å²) in [5.41, 5.74) is 4.83. The number of rotatable bonds is 7. The van der Waals surface area contributed by atoms with Gasteiger partial charge in [-0.1, -0.05) is 6.07 Å². The molecular weight excluding hydrogens is 300 g/mol. The number of anilines is 1. The van der Waals surface area contributed by atoms with E-state index in [-0.39, 0.29) is 24.3 Å². The molecule has 0 aliphatic heterocycles. The van der Waals surface area contributed by atoms with E-state index in [1.807, 2.05) is 0 Å². The SMILES string of the molecule is CS(=O)(=O)NCCCNC(=O)c1cccc(N)c1[N+](=O)[O-]. The van der Waals surface area contributed by atoms with Crippen LogP contribution in [0.4, 0.5) is 11.4 Å². The number of nitrogens with two attached hydrogens (primary N) is 1. The van der Waals surface area contributed by atoms with Crippen LogP contribution in [0.3, 0.4) is 0 Å². The zero-order chi connectivity index (χ0) is 16.0. The van der Waals surface area contributed by atoms with Crippen LogP contribution < -0.4 is 15.8 Å². The highest BCUT2D eigenvalue weighted by Gasteiger charge is 2.22. The number of nitrogens with one attached hydrogen (secondary N) is 2. The molecule has 0 saturated heterocycles. The first-order chi connectivity index (χ1) is 9.72. The number of nitrogen functional groups attached to an aromatic ring is 1. The minimum Gasteiger partial charge on any atom is -0.393 e. The van der Waals surface area contributed by atoms with Crippen molar-refractivity contribution in [2.45, 2.75) is 6.42 Å². The van der Waals surface area contributed by atoms with E-state index < -0.39 is 26.5 Å². The fourth-order valence-electron chi connectivity index (χ4n) is 1.59. The Bertz CT molecular complexity index is 644. The Balaban J connectivity index is 2.61. The lowest BCUT2D eigenvalue weighted by atomic mass is 10.1. The number of nitrogens with zero attached hydrogens (tertiary/aromatic N) is 1. The van der Waals surface area contributed by atoms with Crippen LogP contribution in [0.25, 0.3) is 0 Å². The van der Waals surface area contributed by atoms with Gasteiger partial charge >= 0.3 is 5.69 Å². The van der Waals surface area contributed by atoms with E-state index in [0.29, 0.717) is 6.42 Å². The van der Waals surface area contributed by atoms with Crippen molar-refractivity contribution in [2.75, 3.05) is 25.1 Å². The minimum absolute atomic E-state index is 0.0913. The Kier molecular flexibility index (Phi) is 5.61. The number of nitro benzene ring substituents is 1. The average Bonchev–Trinajstić information content (AvgIpc) is 2.35. The monoisotopic (exact) mass is 316 g/mol. The summed E-state index contributed by atoms with van der Waals surface area (Å²) >= 11 is 0. The average molecular weight is 316 g/mol. The first-order valence-electron chi connectivity index (χ1n) is 5.98. The van der Waals surface area contributed by atoms with E-state index in [4.69, 9.17) is 5.73 Å². The first kappa shape index (κ1) is 16.9. The van der Waals surface area contributed by atoms with Crippen LogP contribution in [0.2, 0.25) is 0 Å². The summed E-state index contributed by atoms with van der Waals surface area (Å²) in [6, 6.07) is 4.09. The van der Waals surface area contributed by atoms with Gasteiger partial charge in [-0.2, -0.15) is 0 Å². The molecule has 0 spiro atoms. The van der Waals surface area contributed by atoms with Gasteiger partial charge in [-0.15, -0.1) is 0 Å². The third-order valence-corrected chi connectivity index (χ3v) is 3.23. The molecule has 0 unspecified atom stereocenters. The number of sulfonamides is 1. The number of para-hydroxylation sites is 1. The van der Waals surface area contributed by atoms with Gasteiger partial charge < -0.3 is 11.1 Å². The number of carbonyl (C=O) groups excluding carboxylic acids is 1. The van der Waals surface area contributed by atoms with Gasteiger partial charge in [0.15, 0.2) is 0 Å². The standard InChI is InChI=1S/C11H16N4O5S/c1-21(19,20)14-7-3-6-13-11(16)8-4-2-5-9(12)10(8)15(17)18/h2,4-5,14H,3,6-7,12H2,1H3,(H,13,16). The lowest BCUT2D eigenvalue weighted by Crippen LogP contribution is -2.29. The molecule has 9 nitrogen and oxygen atoms in total. The van der Waals surface area contributed by atoms with Gasteiger partial charge in [0.05, 0.1) is 11.2 Å². The number of amides is 1. The van der Waals surface area contributed by atoms with Crippen molar-refractivity contribution in [3.63, 3.8) is 0 Å². The van der Waals surface area contributed by atoms with Crippen LogP contribution in [-0.2, 0) is 10.0 Å². The molecule has 0 aliphatic carbocycles. The molecule has 4 N–H and O–H groups in total. The summed E-state index contributed by atoms with van der Waals surface area (Å²) in [7, 11) is -3.27. The second-order valence-electron chi connectivity index (χ2n) is 4.28. The highest BCUT2D eigenvalue weighted by atomic mass is 32.2. The lowest BCUT2D eigenvalue weighted by molar-refractivity contribution is -0.384. The highest BCUT2D eigenvalue weighted by molar-refractivity contribution is 7.88. The predicted molar refractivity (Wildman–Crippen MR) is 77.3 cm³/mol. The summed E-state index contributed by atoms with van der Waals surface area (Å²) < 4.78 is 23.9. The van der Waals surface area contributed by atoms with Gasteiger partial charge in [0.25, 0.3) is 5.91 Å². The molecule has 0 radical (unpaired) electrons. The van der Waals surface area contributed by atoms with E-state index in [1.54, 1.807) is 0 Å². The Hall–Kier alpha value is -2.20. The van der Waals surface area contributed by atoms with E-state index in [9.17, 15) is 23.3 Å². The lowest BCUT2D eigenvalue weighted by Gasteiger charge is -2.07. The zero-order valence-electron chi connectivity index (χ0n) is 11.3. The largest absolute Gasteiger partial charge is 0.393 e. The summed E-state index contributed by atoms with van der Waals surface area (Å²) in [5.74, 6) is -0.631. The van der Waals surface area contributed by atoms with Crippen molar-refractivity contribution in [2.24, 2.45) is 0 Å². The second kappa shape index (κ2) is 6.99. The van der Waals surface area contributed by atoms with Gasteiger partial charge in [-0.3, -0.25) is 14.9 Å². The van der Waals surface area contributed by atoms with Crippen molar-refractivity contribution < 1.29 is 18.1 Å². The molecule has 10 heteroatoms. The Morgan fingerprint density at radius 3 is 2.62 bits per heavy atom. The summed E-state index contributed by atoms with van der Waals surface area (Å²) in [6.07, 6.45) is 1.39. The van der Waals surface area contributed by atoms with Crippen molar-refractivity contribution >= 4 is 27.3 Å². The van der Waals surface area contributed by atoms with Crippen molar-refractivity contribution in [3.05, 3.63) is 33.9 Å². The van der Waals surface area contributed by atoms with Crippen molar-refractivity contribution in [1.82, 2.24) is 10.0 Å². The molecule has 0 fully saturated rings. The normalized spacial score (nSPS) is 11.1. The molecule has 0 aliphatic rings. The highest BCUT2D eigenvalue weighted by Crippen LogP contribution is 2.25.